The number of aliphatic hydroxyl groups excluding tert-OH is 1. The van der Waals surface area contributed by atoms with Crippen molar-refractivity contribution in [3.05, 3.63) is 35.9 Å². The van der Waals surface area contributed by atoms with Crippen molar-refractivity contribution in [2.75, 3.05) is 6.61 Å². The molecule has 1 fully saturated rings. The average Bonchev–Trinajstić information content (AvgIpc) is 2.37. The zero-order valence-corrected chi connectivity index (χ0v) is 11.1. The molecule has 1 saturated heterocycles. The molecule has 1 N–H and O–H groups in total. The first-order valence-corrected chi connectivity index (χ1v) is 6.62. The molecule has 100 valence electrons. The molecule has 2 rings (SSSR count). The first-order chi connectivity index (χ1) is 8.66. The number of benzene rings is 1. The molecule has 1 aliphatic heterocycles. The average molecular weight is 250 g/mol. The Morgan fingerprint density at radius 3 is 2.67 bits per heavy atom. The first kappa shape index (κ1) is 13.5. The molecule has 4 atom stereocenters. The molecule has 1 heterocycles. The summed E-state index contributed by atoms with van der Waals surface area (Å²) < 4.78 is 11.4. The van der Waals surface area contributed by atoms with Crippen LogP contribution in [0.3, 0.4) is 0 Å². The minimum Gasteiger partial charge on any atom is -0.390 e. The molecule has 0 amide bonds. The van der Waals surface area contributed by atoms with Crippen molar-refractivity contribution in [3.8, 4) is 0 Å². The third-order valence-electron chi connectivity index (χ3n) is 3.52. The second-order valence-electron chi connectivity index (χ2n) is 5.17. The van der Waals surface area contributed by atoms with Crippen LogP contribution in [0, 0.1) is 5.92 Å². The van der Waals surface area contributed by atoms with Crippen LogP contribution >= 0.6 is 0 Å². The van der Waals surface area contributed by atoms with Gasteiger partial charge in [0.1, 0.15) is 0 Å². The largest absolute Gasteiger partial charge is 0.390 e. The van der Waals surface area contributed by atoms with E-state index in [4.69, 9.17) is 9.47 Å². The molecule has 3 heteroatoms. The lowest BCUT2D eigenvalue weighted by molar-refractivity contribution is -0.152. The molecule has 0 bridgehead atoms. The van der Waals surface area contributed by atoms with Crippen LogP contribution in [0.5, 0.6) is 0 Å². The van der Waals surface area contributed by atoms with Gasteiger partial charge in [-0.1, -0.05) is 37.3 Å². The van der Waals surface area contributed by atoms with E-state index in [1.165, 1.54) is 5.56 Å². The van der Waals surface area contributed by atoms with Gasteiger partial charge in [-0.15, -0.1) is 0 Å². The van der Waals surface area contributed by atoms with Crippen LogP contribution < -0.4 is 0 Å². The van der Waals surface area contributed by atoms with Gasteiger partial charge in [0.2, 0.25) is 0 Å². The van der Waals surface area contributed by atoms with E-state index in [0.717, 1.165) is 6.42 Å². The van der Waals surface area contributed by atoms with Crippen molar-refractivity contribution >= 4 is 0 Å². The lowest BCUT2D eigenvalue weighted by Gasteiger charge is -2.36. The highest BCUT2D eigenvalue weighted by atomic mass is 16.5. The van der Waals surface area contributed by atoms with Gasteiger partial charge in [0, 0.05) is 0 Å². The van der Waals surface area contributed by atoms with E-state index in [2.05, 4.69) is 19.1 Å². The van der Waals surface area contributed by atoms with E-state index in [1.54, 1.807) is 0 Å². The minimum absolute atomic E-state index is 0.0981. The number of hydrogen-bond donors (Lipinski definition) is 1. The van der Waals surface area contributed by atoms with Crippen LogP contribution in [-0.4, -0.2) is 30.0 Å². The van der Waals surface area contributed by atoms with Crippen molar-refractivity contribution in [1.82, 2.24) is 0 Å². The Hall–Kier alpha value is -0.900. The molecular weight excluding hydrogens is 228 g/mol. The Morgan fingerprint density at radius 1 is 1.28 bits per heavy atom. The van der Waals surface area contributed by atoms with Gasteiger partial charge in [0.15, 0.2) is 0 Å². The van der Waals surface area contributed by atoms with E-state index in [1.807, 2.05) is 25.1 Å². The van der Waals surface area contributed by atoms with Gasteiger partial charge >= 0.3 is 0 Å². The number of hydrogen-bond acceptors (Lipinski definition) is 3. The molecule has 0 aromatic heterocycles. The number of rotatable bonds is 4. The molecule has 0 spiro atoms. The van der Waals surface area contributed by atoms with Crippen molar-refractivity contribution in [2.24, 2.45) is 5.92 Å². The summed E-state index contributed by atoms with van der Waals surface area (Å²) in [4.78, 5) is 0. The molecule has 3 unspecified atom stereocenters. The second kappa shape index (κ2) is 6.32. The van der Waals surface area contributed by atoms with Gasteiger partial charge in [-0.05, 0) is 24.8 Å². The highest BCUT2D eigenvalue weighted by molar-refractivity contribution is 5.13. The molecule has 0 saturated carbocycles. The van der Waals surface area contributed by atoms with Crippen LogP contribution in [0.1, 0.15) is 25.8 Å². The zero-order valence-electron chi connectivity index (χ0n) is 11.1. The van der Waals surface area contributed by atoms with Gasteiger partial charge < -0.3 is 14.6 Å². The van der Waals surface area contributed by atoms with Crippen molar-refractivity contribution in [1.29, 1.82) is 0 Å². The van der Waals surface area contributed by atoms with Crippen molar-refractivity contribution in [2.45, 2.75) is 45.2 Å². The Balaban J connectivity index is 1.74. The van der Waals surface area contributed by atoms with E-state index in [0.29, 0.717) is 13.2 Å². The summed E-state index contributed by atoms with van der Waals surface area (Å²) in [5.74, 6) is 0.277. The summed E-state index contributed by atoms with van der Waals surface area (Å²) in [6.07, 6.45) is 0.511. The maximum Gasteiger partial charge on any atom is 0.0825 e. The Morgan fingerprint density at radius 2 is 2.00 bits per heavy atom. The Kier molecular flexibility index (Phi) is 4.75. The molecule has 0 radical (unpaired) electrons. The maximum atomic E-state index is 9.80. The van der Waals surface area contributed by atoms with E-state index in [9.17, 15) is 5.11 Å². The summed E-state index contributed by atoms with van der Waals surface area (Å²) in [7, 11) is 0. The first-order valence-electron chi connectivity index (χ1n) is 6.62. The number of ether oxygens (including phenoxy) is 2. The summed E-state index contributed by atoms with van der Waals surface area (Å²) in [6, 6.07) is 10.1. The SMILES string of the molecule is CC1CC(COCc2ccccc2)O[C@@H](C)C1O. The zero-order chi connectivity index (χ0) is 13.0. The molecule has 0 aliphatic carbocycles. The van der Waals surface area contributed by atoms with Crippen molar-refractivity contribution in [3.63, 3.8) is 0 Å². The highest BCUT2D eigenvalue weighted by Gasteiger charge is 2.32. The topological polar surface area (TPSA) is 38.7 Å². The predicted octanol–water partition coefficient (Wildman–Crippen LogP) is 2.38. The predicted molar refractivity (Wildman–Crippen MR) is 70.2 cm³/mol. The third-order valence-corrected chi connectivity index (χ3v) is 3.52. The summed E-state index contributed by atoms with van der Waals surface area (Å²) in [6.45, 7) is 5.20. The smallest absolute Gasteiger partial charge is 0.0825 e. The molecule has 1 aliphatic rings. The lowest BCUT2D eigenvalue weighted by Crippen LogP contribution is -2.43. The normalized spacial score (nSPS) is 32.4. The van der Waals surface area contributed by atoms with Gasteiger partial charge in [-0.3, -0.25) is 0 Å². The van der Waals surface area contributed by atoms with Gasteiger partial charge in [0.25, 0.3) is 0 Å². The molecule has 18 heavy (non-hydrogen) atoms. The van der Waals surface area contributed by atoms with Crippen LogP contribution in [0.25, 0.3) is 0 Å². The number of aliphatic hydroxyl groups is 1. The molecule has 3 nitrogen and oxygen atoms in total. The van der Waals surface area contributed by atoms with Crippen LogP contribution in [0.4, 0.5) is 0 Å². The summed E-state index contributed by atoms with van der Waals surface area (Å²) in [5.41, 5.74) is 1.18. The molecule has 1 aromatic rings. The van der Waals surface area contributed by atoms with Gasteiger partial charge in [-0.2, -0.15) is 0 Å². The third kappa shape index (κ3) is 3.55. The van der Waals surface area contributed by atoms with E-state index >= 15 is 0 Å². The summed E-state index contributed by atoms with van der Waals surface area (Å²) >= 11 is 0. The molecular formula is C15H22O3. The lowest BCUT2D eigenvalue weighted by atomic mass is 9.91. The van der Waals surface area contributed by atoms with E-state index < -0.39 is 0 Å². The van der Waals surface area contributed by atoms with E-state index in [-0.39, 0.29) is 24.2 Å². The maximum absolute atomic E-state index is 9.80. The second-order valence-corrected chi connectivity index (χ2v) is 5.17. The van der Waals surface area contributed by atoms with Crippen LogP contribution in [0.2, 0.25) is 0 Å². The summed E-state index contributed by atoms with van der Waals surface area (Å²) in [5, 5.41) is 9.80. The fourth-order valence-corrected chi connectivity index (χ4v) is 2.45. The quantitative estimate of drug-likeness (QED) is 0.891. The Bertz CT molecular complexity index is 340. The standard InChI is InChI=1S/C15H22O3/c1-11-8-14(18-12(2)15(11)16)10-17-9-13-6-4-3-5-7-13/h3-7,11-12,14-16H,8-10H2,1-2H3/t11?,12-,14?,15?/m0/s1. The monoisotopic (exact) mass is 250 g/mol. The minimum atomic E-state index is -0.352. The van der Waals surface area contributed by atoms with Gasteiger partial charge in [0.05, 0.1) is 31.5 Å². The van der Waals surface area contributed by atoms with Crippen LogP contribution in [0.15, 0.2) is 30.3 Å². The fraction of sp³-hybridized carbons (Fsp3) is 0.600. The fourth-order valence-electron chi connectivity index (χ4n) is 2.45. The highest BCUT2D eigenvalue weighted by Crippen LogP contribution is 2.25. The van der Waals surface area contributed by atoms with Crippen molar-refractivity contribution < 1.29 is 14.6 Å². The molecule has 1 aromatic carbocycles. The Labute approximate surface area is 109 Å². The van der Waals surface area contributed by atoms with Gasteiger partial charge in [-0.25, -0.2) is 0 Å². The van der Waals surface area contributed by atoms with Crippen LogP contribution in [-0.2, 0) is 16.1 Å².